The Bertz CT molecular complexity index is 1100. The number of halogens is 3. The first-order valence-corrected chi connectivity index (χ1v) is 11.5. The zero-order valence-corrected chi connectivity index (χ0v) is 18.9. The molecule has 1 aliphatic carbocycles. The fourth-order valence-electron chi connectivity index (χ4n) is 4.07. The highest BCUT2D eigenvalue weighted by Crippen LogP contribution is 2.36. The minimum absolute atomic E-state index is 0.178. The van der Waals surface area contributed by atoms with Crippen molar-refractivity contribution in [3.8, 4) is 0 Å². The van der Waals surface area contributed by atoms with E-state index in [9.17, 15) is 18.0 Å². The van der Waals surface area contributed by atoms with E-state index in [0.29, 0.717) is 30.0 Å². The standard InChI is InChI=1S/C23H26F3N7O2/c24-23(25,26)15-5-6-17-18(12-15)31-32-20(17)29-22(28-16-2-1-3-16)30-21(34)14-4-7-19(27-13-14)33-8-10-35-11-9-33/h4-7,12-13,16,20,31-32H,1-3,8-11H2,(H2,28,29,30,34). The molecule has 3 aliphatic rings. The summed E-state index contributed by atoms with van der Waals surface area (Å²) in [5.74, 6) is 0.654. The van der Waals surface area contributed by atoms with E-state index >= 15 is 0 Å². The van der Waals surface area contributed by atoms with Crippen LogP contribution < -0.4 is 26.4 Å². The molecule has 1 amide bonds. The van der Waals surface area contributed by atoms with E-state index in [0.717, 1.165) is 50.3 Å². The number of nitrogens with one attached hydrogen (secondary N) is 4. The molecule has 4 N–H and O–H groups in total. The minimum Gasteiger partial charge on any atom is -0.378 e. The number of carbonyl (C=O) groups excluding carboxylic acids is 1. The Hall–Kier alpha value is -3.38. The summed E-state index contributed by atoms with van der Waals surface area (Å²) in [5.41, 5.74) is 6.10. The molecule has 1 atom stereocenters. The molecule has 1 unspecified atom stereocenters. The average molecular weight is 490 g/mol. The molecule has 2 fully saturated rings. The number of ether oxygens (including phenoxy) is 1. The van der Waals surface area contributed by atoms with Crippen LogP contribution in [0.3, 0.4) is 0 Å². The maximum Gasteiger partial charge on any atom is 0.416 e. The summed E-state index contributed by atoms with van der Waals surface area (Å²) < 4.78 is 44.5. The summed E-state index contributed by atoms with van der Waals surface area (Å²) in [6.45, 7) is 2.77. The monoisotopic (exact) mass is 489 g/mol. The summed E-state index contributed by atoms with van der Waals surface area (Å²) in [6.07, 6.45) is -0.604. The first-order chi connectivity index (χ1) is 16.9. The zero-order valence-electron chi connectivity index (χ0n) is 18.9. The Morgan fingerprint density at radius 1 is 1.17 bits per heavy atom. The minimum atomic E-state index is -4.44. The molecule has 3 heterocycles. The smallest absolute Gasteiger partial charge is 0.378 e. The van der Waals surface area contributed by atoms with Gasteiger partial charge >= 0.3 is 6.18 Å². The van der Waals surface area contributed by atoms with Crippen LogP contribution in [-0.4, -0.2) is 49.2 Å². The molecule has 0 bridgehead atoms. The van der Waals surface area contributed by atoms with Gasteiger partial charge in [-0.3, -0.25) is 10.1 Å². The van der Waals surface area contributed by atoms with Gasteiger partial charge in [0.2, 0.25) is 5.96 Å². The van der Waals surface area contributed by atoms with Crippen LogP contribution in [0.25, 0.3) is 0 Å². The number of carbonyl (C=O) groups is 1. The third kappa shape index (κ3) is 5.33. The Kier molecular flexibility index (Phi) is 6.48. The summed E-state index contributed by atoms with van der Waals surface area (Å²) in [4.78, 5) is 24.0. The van der Waals surface area contributed by atoms with Crippen molar-refractivity contribution in [1.82, 2.24) is 21.0 Å². The first-order valence-electron chi connectivity index (χ1n) is 11.5. The van der Waals surface area contributed by atoms with Crippen molar-refractivity contribution in [2.75, 3.05) is 36.6 Å². The van der Waals surface area contributed by atoms with E-state index in [4.69, 9.17) is 4.74 Å². The molecule has 1 saturated heterocycles. The first kappa shape index (κ1) is 23.4. The molecule has 0 spiro atoms. The number of anilines is 2. The van der Waals surface area contributed by atoms with E-state index in [2.05, 4.69) is 36.4 Å². The number of morpholine rings is 1. The Morgan fingerprint density at radius 2 is 1.97 bits per heavy atom. The molecule has 1 saturated carbocycles. The van der Waals surface area contributed by atoms with Crippen molar-refractivity contribution < 1.29 is 22.7 Å². The summed E-state index contributed by atoms with van der Waals surface area (Å²) in [7, 11) is 0. The lowest BCUT2D eigenvalue weighted by Crippen LogP contribution is -2.48. The van der Waals surface area contributed by atoms with Gasteiger partial charge in [0.1, 0.15) is 12.0 Å². The van der Waals surface area contributed by atoms with Gasteiger partial charge in [-0.15, -0.1) is 0 Å². The van der Waals surface area contributed by atoms with E-state index in [1.165, 1.54) is 12.3 Å². The number of nitrogens with zero attached hydrogens (tertiary/aromatic N) is 3. The number of rotatable bonds is 4. The number of hydrogen-bond acceptors (Lipinski definition) is 7. The van der Waals surface area contributed by atoms with Gasteiger partial charge < -0.3 is 20.4 Å². The Morgan fingerprint density at radius 3 is 2.63 bits per heavy atom. The number of alkyl halides is 3. The van der Waals surface area contributed by atoms with Gasteiger partial charge in [-0.2, -0.15) is 13.2 Å². The molecule has 186 valence electrons. The van der Waals surface area contributed by atoms with Gasteiger partial charge in [0.15, 0.2) is 0 Å². The molecule has 9 nitrogen and oxygen atoms in total. The number of benzene rings is 1. The number of guanidine groups is 1. The third-order valence-corrected chi connectivity index (χ3v) is 6.30. The summed E-state index contributed by atoms with van der Waals surface area (Å²) in [5, 5.41) is 6.04. The van der Waals surface area contributed by atoms with E-state index in [1.807, 2.05) is 0 Å². The van der Waals surface area contributed by atoms with Crippen molar-refractivity contribution in [3.05, 3.63) is 53.2 Å². The van der Waals surface area contributed by atoms with Crippen LogP contribution in [0.5, 0.6) is 0 Å². The SMILES string of the molecule is O=C(NC(=NC1NNc2cc(C(F)(F)F)ccc21)NC1CCC1)c1ccc(N2CCOCC2)nc1. The second-order valence-corrected chi connectivity index (χ2v) is 8.68. The molecule has 2 aliphatic heterocycles. The second kappa shape index (κ2) is 9.70. The number of pyridine rings is 1. The maximum atomic E-state index is 13.0. The highest BCUT2D eigenvalue weighted by Gasteiger charge is 2.33. The predicted molar refractivity (Wildman–Crippen MR) is 124 cm³/mol. The summed E-state index contributed by atoms with van der Waals surface area (Å²) in [6, 6.07) is 7.13. The van der Waals surface area contributed by atoms with Crippen molar-refractivity contribution in [2.24, 2.45) is 4.99 Å². The number of aliphatic imine (C=N–C) groups is 1. The molecular formula is C23H26F3N7O2. The van der Waals surface area contributed by atoms with Crippen molar-refractivity contribution in [2.45, 2.75) is 37.6 Å². The molecule has 12 heteroatoms. The van der Waals surface area contributed by atoms with Crippen LogP contribution in [0.15, 0.2) is 41.5 Å². The normalized spacial score (nSPS) is 20.6. The summed E-state index contributed by atoms with van der Waals surface area (Å²) >= 11 is 0. The fraction of sp³-hybridized carbons (Fsp3) is 0.435. The maximum absolute atomic E-state index is 13.0. The average Bonchev–Trinajstić information content (AvgIpc) is 3.23. The van der Waals surface area contributed by atoms with Gasteiger partial charge in [-0.1, -0.05) is 6.07 Å². The molecule has 0 radical (unpaired) electrons. The number of hydrazine groups is 1. The molecule has 35 heavy (non-hydrogen) atoms. The van der Waals surface area contributed by atoms with Crippen LogP contribution in [0.4, 0.5) is 24.7 Å². The lowest BCUT2D eigenvalue weighted by Gasteiger charge is -2.28. The van der Waals surface area contributed by atoms with E-state index in [1.54, 1.807) is 12.1 Å². The highest BCUT2D eigenvalue weighted by molar-refractivity contribution is 6.05. The predicted octanol–water partition coefficient (Wildman–Crippen LogP) is 2.79. The Balaban J connectivity index is 1.31. The number of amides is 1. The largest absolute Gasteiger partial charge is 0.416 e. The van der Waals surface area contributed by atoms with Crippen LogP contribution >= 0.6 is 0 Å². The topological polar surface area (TPSA) is 103 Å². The van der Waals surface area contributed by atoms with Crippen molar-refractivity contribution in [1.29, 1.82) is 0 Å². The van der Waals surface area contributed by atoms with Crippen LogP contribution in [0.1, 0.15) is 46.9 Å². The van der Waals surface area contributed by atoms with Crippen molar-refractivity contribution in [3.63, 3.8) is 0 Å². The highest BCUT2D eigenvalue weighted by atomic mass is 19.4. The lowest BCUT2D eigenvalue weighted by molar-refractivity contribution is -0.137. The Labute approximate surface area is 200 Å². The number of aromatic nitrogens is 1. The molecule has 2 aromatic rings. The number of fused-ring (bicyclic) bond motifs is 1. The molecule has 1 aromatic carbocycles. The van der Waals surface area contributed by atoms with Gasteiger partial charge in [-0.05, 0) is 43.5 Å². The van der Waals surface area contributed by atoms with Gasteiger partial charge in [0.05, 0.1) is 30.0 Å². The van der Waals surface area contributed by atoms with Crippen LogP contribution in [-0.2, 0) is 10.9 Å². The molecular weight excluding hydrogens is 463 g/mol. The van der Waals surface area contributed by atoms with Crippen molar-refractivity contribution >= 4 is 23.4 Å². The molecule has 5 rings (SSSR count). The van der Waals surface area contributed by atoms with Crippen LogP contribution in [0, 0.1) is 0 Å². The van der Waals surface area contributed by atoms with Gasteiger partial charge in [0, 0.05) is 30.9 Å². The fourth-order valence-corrected chi connectivity index (χ4v) is 4.07. The van der Waals surface area contributed by atoms with E-state index < -0.39 is 17.9 Å². The molecule has 1 aromatic heterocycles. The van der Waals surface area contributed by atoms with Crippen LogP contribution in [0.2, 0.25) is 0 Å². The lowest BCUT2D eigenvalue weighted by atomic mass is 9.93. The zero-order chi connectivity index (χ0) is 24.4. The third-order valence-electron chi connectivity index (χ3n) is 6.30. The number of hydrogen-bond donors (Lipinski definition) is 4. The van der Waals surface area contributed by atoms with Gasteiger partial charge in [-0.25, -0.2) is 15.4 Å². The second-order valence-electron chi connectivity index (χ2n) is 8.68. The van der Waals surface area contributed by atoms with E-state index in [-0.39, 0.29) is 17.9 Å². The van der Waals surface area contributed by atoms with Gasteiger partial charge in [0.25, 0.3) is 5.91 Å². The quantitative estimate of drug-likeness (QED) is 0.387.